The molecule has 1 N–H and O–H groups in total. The average Bonchev–Trinajstić information content (AvgIpc) is 2.91. The van der Waals surface area contributed by atoms with Crippen LogP contribution in [-0.4, -0.2) is 19.6 Å². The van der Waals surface area contributed by atoms with Crippen molar-refractivity contribution in [3.63, 3.8) is 0 Å². The molecule has 19 heavy (non-hydrogen) atoms. The number of hydrogen-bond donors (Lipinski definition) is 1. The number of amides is 1. The summed E-state index contributed by atoms with van der Waals surface area (Å²) >= 11 is 5.02. The number of nitrogens with one attached hydrogen (secondary N) is 1. The summed E-state index contributed by atoms with van der Waals surface area (Å²) in [5.74, 6) is 0.460. The van der Waals surface area contributed by atoms with Crippen LogP contribution in [0.15, 0.2) is 39.5 Å². The summed E-state index contributed by atoms with van der Waals surface area (Å²) in [5, 5.41) is 7.03. The summed E-state index contributed by atoms with van der Waals surface area (Å²) in [7, 11) is 1.56. The molecule has 0 saturated carbocycles. The number of thiophene rings is 1. The minimum Gasteiger partial charge on any atom is -0.496 e. The van der Waals surface area contributed by atoms with Crippen molar-refractivity contribution in [3.8, 4) is 5.75 Å². The molecule has 0 atom stereocenters. The Kier molecular flexibility index (Phi) is 4.99. The van der Waals surface area contributed by atoms with Crippen LogP contribution < -0.4 is 10.1 Å². The third-order valence-corrected chi connectivity index (χ3v) is 3.91. The predicted molar refractivity (Wildman–Crippen MR) is 81.1 cm³/mol. The van der Waals surface area contributed by atoms with Crippen molar-refractivity contribution < 1.29 is 9.53 Å². The second kappa shape index (κ2) is 6.73. The second-order valence-electron chi connectivity index (χ2n) is 3.98. The molecule has 0 saturated heterocycles. The van der Waals surface area contributed by atoms with Crippen molar-refractivity contribution in [1.29, 1.82) is 0 Å². The van der Waals surface area contributed by atoms with E-state index in [9.17, 15) is 4.79 Å². The van der Waals surface area contributed by atoms with Crippen LogP contribution in [0.4, 0.5) is 0 Å². The molecule has 1 amide bonds. The third kappa shape index (κ3) is 3.81. The predicted octanol–water partition coefficient (Wildman–Crippen LogP) is 3.49. The molecular formula is C14H14BrNO2S. The molecule has 1 aromatic heterocycles. The molecular weight excluding hydrogens is 326 g/mol. The first-order valence-corrected chi connectivity index (χ1v) is 7.57. The smallest absolute Gasteiger partial charge is 0.255 e. The number of ether oxygens (including phenoxy) is 1. The van der Waals surface area contributed by atoms with E-state index in [1.807, 2.05) is 11.4 Å². The Morgan fingerprint density at radius 3 is 2.95 bits per heavy atom. The highest BCUT2D eigenvalue weighted by Gasteiger charge is 2.11. The molecule has 0 aliphatic rings. The summed E-state index contributed by atoms with van der Waals surface area (Å²) < 4.78 is 6.10. The van der Waals surface area contributed by atoms with Gasteiger partial charge in [-0.1, -0.05) is 15.9 Å². The lowest BCUT2D eigenvalue weighted by Crippen LogP contribution is -2.26. The Balaban J connectivity index is 1.96. The summed E-state index contributed by atoms with van der Waals surface area (Å²) in [6, 6.07) is 7.43. The maximum atomic E-state index is 12.1. The van der Waals surface area contributed by atoms with E-state index in [1.165, 1.54) is 5.56 Å². The maximum Gasteiger partial charge on any atom is 0.255 e. The Morgan fingerprint density at radius 2 is 2.26 bits per heavy atom. The van der Waals surface area contributed by atoms with Gasteiger partial charge in [-0.05, 0) is 47.0 Å². The molecule has 0 bridgehead atoms. The molecule has 0 fully saturated rings. The average molecular weight is 340 g/mol. The highest BCUT2D eigenvalue weighted by Crippen LogP contribution is 2.23. The molecule has 0 aliphatic carbocycles. The SMILES string of the molecule is COc1cc(Br)ccc1C(=O)NCCc1ccsc1. The largest absolute Gasteiger partial charge is 0.496 e. The van der Waals surface area contributed by atoms with Gasteiger partial charge in [0.2, 0.25) is 0 Å². The van der Waals surface area contributed by atoms with E-state index in [2.05, 4.69) is 32.7 Å². The van der Waals surface area contributed by atoms with E-state index in [0.717, 1.165) is 10.9 Å². The van der Waals surface area contributed by atoms with Crippen LogP contribution in [0.3, 0.4) is 0 Å². The van der Waals surface area contributed by atoms with Gasteiger partial charge in [-0.15, -0.1) is 0 Å². The number of halogens is 1. The third-order valence-electron chi connectivity index (χ3n) is 2.69. The Hall–Kier alpha value is -1.33. The Morgan fingerprint density at radius 1 is 1.42 bits per heavy atom. The molecule has 0 radical (unpaired) electrons. The summed E-state index contributed by atoms with van der Waals surface area (Å²) in [6.07, 6.45) is 0.841. The van der Waals surface area contributed by atoms with Crippen molar-refractivity contribution in [2.24, 2.45) is 0 Å². The van der Waals surface area contributed by atoms with Gasteiger partial charge in [0.05, 0.1) is 12.7 Å². The molecule has 1 heterocycles. The summed E-state index contributed by atoms with van der Waals surface area (Å²) in [6.45, 7) is 0.620. The zero-order chi connectivity index (χ0) is 13.7. The van der Waals surface area contributed by atoms with Crippen LogP contribution in [0.5, 0.6) is 5.75 Å². The number of rotatable bonds is 5. The van der Waals surface area contributed by atoms with Gasteiger partial charge < -0.3 is 10.1 Å². The fraction of sp³-hybridized carbons (Fsp3) is 0.214. The number of methoxy groups -OCH3 is 1. The van der Waals surface area contributed by atoms with Crippen molar-refractivity contribution in [1.82, 2.24) is 5.32 Å². The zero-order valence-corrected chi connectivity index (χ0v) is 12.9. The van der Waals surface area contributed by atoms with E-state index < -0.39 is 0 Å². The zero-order valence-electron chi connectivity index (χ0n) is 10.5. The lowest BCUT2D eigenvalue weighted by Gasteiger charge is -2.09. The lowest BCUT2D eigenvalue weighted by molar-refractivity contribution is 0.0951. The van der Waals surface area contributed by atoms with Crippen LogP contribution in [0, 0.1) is 0 Å². The molecule has 3 nitrogen and oxygen atoms in total. The minimum absolute atomic E-state index is 0.112. The van der Waals surface area contributed by atoms with Gasteiger partial charge in [-0.25, -0.2) is 0 Å². The second-order valence-corrected chi connectivity index (χ2v) is 5.68. The molecule has 0 unspecified atom stereocenters. The highest BCUT2D eigenvalue weighted by molar-refractivity contribution is 9.10. The lowest BCUT2D eigenvalue weighted by atomic mass is 10.2. The van der Waals surface area contributed by atoms with Gasteiger partial charge in [0, 0.05) is 11.0 Å². The van der Waals surface area contributed by atoms with Crippen LogP contribution in [0.25, 0.3) is 0 Å². The molecule has 5 heteroatoms. The van der Waals surface area contributed by atoms with E-state index in [1.54, 1.807) is 30.6 Å². The van der Waals surface area contributed by atoms with E-state index in [-0.39, 0.29) is 5.91 Å². The highest BCUT2D eigenvalue weighted by atomic mass is 79.9. The summed E-state index contributed by atoms with van der Waals surface area (Å²) in [5.41, 5.74) is 1.80. The minimum atomic E-state index is -0.112. The first kappa shape index (κ1) is 14.1. The van der Waals surface area contributed by atoms with Crippen molar-refractivity contribution in [3.05, 3.63) is 50.6 Å². The Labute approximate surface area is 124 Å². The van der Waals surface area contributed by atoms with E-state index in [4.69, 9.17) is 4.74 Å². The van der Waals surface area contributed by atoms with Gasteiger partial charge >= 0.3 is 0 Å². The molecule has 0 spiro atoms. The van der Waals surface area contributed by atoms with Crippen LogP contribution >= 0.6 is 27.3 Å². The van der Waals surface area contributed by atoms with Crippen LogP contribution in [0.2, 0.25) is 0 Å². The van der Waals surface area contributed by atoms with Gasteiger partial charge in [0.25, 0.3) is 5.91 Å². The monoisotopic (exact) mass is 339 g/mol. The maximum absolute atomic E-state index is 12.1. The van der Waals surface area contributed by atoms with Crippen molar-refractivity contribution in [2.45, 2.75) is 6.42 Å². The van der Waals surface area contributed by atoms with E-state index in [0.29, 0.717) is 17.9 Å². The number of hydrogen-bond acceptors (Lipinski definition) is 3. The number of carbonyl (C=O) groups excluding carboxylic acids is 1. The molecule has 0 aliphatic heterocycles. The topological polar surface area (TPSA) is 38.3 Å². The number of benzene rings is 1. The first-order valence-electron chi connectivity index (χ1n) is 5.83. The van der Waals surface area contributed by atoms with Gasteiger partial charge in [-0.3, -0.25) is 4.79 Å². The summed E-state index contributed by atoms with van der Waals surface area (Å²) in [4.78, 5) is 12.1. The molecule has 100 valence electrons. The van der Waals surface area contributed by atoms with Gasteiger partial charge in [0.15, 0.2) is 0 Å². The Bertz CT molecular complexity index is 555. The van der Waals surface area contributed by atoms with Crippen LogP contribution in [-0.2, 0) is 6.42 Å². The molecule has 2 rings (SSSR count). The standard InChI is InChI=1S/C14H14BrNO2S/c1-18-13-8-11(15)2-3-12(13)14(17)16-6-4-10-5-7-19-9-10/h2-3,5,7-9H,4,6H2,1H3,(H,16,17). The fourth-order valence-corrected chi connectivity index (χ4v) is 2.75. The number of carbonyl (C=O) groups is 1. The van der Waals surface area contributed by atoms with Gasteiger partial charge in [-0.2, -0.15) is 11.3 Å². The van der Waals surface area contributed by atoms with Gasteiger partial charge in [0.1, 0.15) is 5.75 Å². The quantitative estimate of drug-likeness (QED) is 0.905. The molecule has 1 aromatic carbocycles. The van der Waals surface area contributed by atoms with Crippen LogP contribution in [0.1, 0.15) is 15.9 Å². The van der Waals surface area contributed by atoms with Crippen molar-refractivity contribution in [2.75, 3.05) is 13.7 Å². The fourth-order valence-electron chi connectivity index (χ4n) is 1.70. The van der Waals surface area contributed by atoms with Crippen molar-refractivity contribution >= 4 is 33.2 Å². The first-order chi connectivity index (χ1) is 9.20. The normalized spacial score (nSPS) is 10.2. The molecule has 2 aromatic rings. The van der Waals surface area contributed by atoms with E-state index >= 15 is 0 Å².